The number of rotatable bonds is 11. The lowest BCUT2D eigenvalue weighted by molar-refractivity contribution is -0.189. The highest BCUT2D eigenvalue weighted by Gasteiger charge is 2.30. The van der Waals surface area contributed by atoms with E-state index in [1.54, 1.807) is 14.2 Å². The number of aryl methyl sites for hydroxylation is 1. The van der Waals surface area contributed by atoms with Crippen LogP contribution in [0.2, 0.25) is 0 Å². The third-order valence-electron chi connectivity index (χ3n) is 7.91. The van der Waals surface area contributed by atoms with E-state index in [1.165, 1.54) is 10.5 Å². The zero-order valence-corrected chi connectivity index (χ0v) is 24.5. The number of hydrazine groups is 2. The number of tetrazole rings is 1. The molecule has 2 aromatic heterocycles. The molecule has 3 aromatic rings. The average Bonchev–Trinajstić information content (AvgIpc) is 3.59. The normalized spacial score (nSPS) is 21.9. The Bertz CT molecular complexity index is 1300. The molecule has 0 aliphatic carbocycles. The predicted molar refractivity (Wildman–Crippen MR) is 154 cm³/mol. The first-order valence-electron chi connectivity index (χ1n) is 14.1. The Labute approximate surface area is 241 Å². The molecule has 2 aliphatic heterocycles. The summed E-state index contributed by atoms with van der Waals surface area (Å²) in [6, 6.07) is 12.6. The van der Waals surface area contributed by atoms with E-state index in [-0.39, 0.29) is 25.0 Å². The van der Waals surface area contributed by atoms with Gasteiger partial charge in [0.25, 0.3) is 0 Å². The highest BCUT2D eigenvalue weighted by Crippen LogP contribution is 2.26. The summed E-state index contributed by atoms with van der Waals surface area (Å²) in [7, 11) is 7.64. The molecule has 0 spiro atoms. The van der Waals surface area contributed by atoms with E-state index >= 15 is 0 Å². The van der Waals surface area contributed by atoms with Gasteiger partial charge in [0.1, 0.15) is 5.69 Å². The second-order valence-corrected chi connectivity index (χ2v) is 10.9. The molecule has 0 unspecified atom stereocenters. The highest BCUT2D eigenvalue weighted by atomic mass is 16.7. The minimum atomic E-state index is -0.138. The van der Waals surface area contributed by atoms with E-state index in [0.717, 1.165) is 42.5 Å². The molecule has 0 saturated carbocycles. The third-order valence-corrected chi connectivity index (χ3v) is 7.91. The van der Waals surface area contributed by atoms with Gasteiger partial charge in [0, 0.05) is 63.2 Å². The lowest BCUT2D eigenvalue weighted by Gasteiger charge is -2.38. The lowest BCUT2D eigenvalue weighted by Crippen LogP contribution is -2.46. The molecule has 2 aliphatic rings. The Hall–Kier alpha value is -3.42. The summed E-state index contributed by atoms with van der Waals surface area (Å²) < 4.78 is 11.3. The van der Waals surface area contributed by atoms with Crippen molar-refractivity contribution in [3.63, 3.8) is 0 Å². The van der Waals surface area contributed by atoms with E-state index in [1.807, 2.05) is 35.4 Å². The summed E-state index contributed by atoms with van der Waals surface area (Å²) >= 11 is 0. The summed E-state index contributed by atoms with van der Waals surface area (Å²) in [4.78, 5) is 8.32. The molecule has 0 radical (unpaired) electrons. The molecular formula is C29H41N9O3. The zero-order chi connectivity index (χ0) is 28.9. The summed E-state index contributed by atoms with van der Waals surface area (Å²) in [6.07, 6.45) is 7.47. The first-order chi connectivity index (χ1) is 19.8. The number of hydrogen-bond donors (Lipinski definition) is 2. The van der Waals surface area contributed by atoms with Crippen molar-refractivity contribution in [1.29, 1.82) is 0 Å². The second kappa shape index (κ2) is 13.0. The number of nitrogens with zero attached hydrogens (tertiary/aromatic N) is 8. The van der Waals surface area contributed by atoms with Crippen LogP contribution in [0.3, 0.4) is 0 Å². The van der Waals surface area contributed by atoms with Gasteiger partial charge in [-0.2, -0.15) is 4.80 Å². The second-order valence-electron chi connectivity index (χ2n) is 10.9. The molecule has 12 nitrogen and oxygen atoms in total. The molecule has 2 N–H and O–H groups in total. The fourth-order valence-electron chi connectivity index (χ4n) is 5.43. The summed E-state index contributed by atoms with van der Waals surface area (Å²) in [5.41, 5.74) is 8.49. The van der Waals surface area contributed by atoms with E-state index in [4.69, 9.17) is 9.47 Å². The van der Waals surface area contributed by atoms with E-state index in [0.29, 0.717) is 24.0 Å². The zero-order valence-electron chi connectivity index (χ0n) is 24.5. The van der Waals surface area contributed by atoms with Gasteiger partial charge in [-0.25, -0.2) is 0 Å². The van der Waals surface area contributed by atoms with Crippen molar-refractivity contribution < 1.29 is 14.6 Å². The fraction of sp³-hybridized carbons (Fsp3) is 0.517. The number of benzene rings is 1. The Morgan fingerprint density at radius 2 is 1.93 bits per heavy atom. The molecule has 0 bridgehead atoms. The molecular weight excluding hydrogens is 522 g/mol. The predicted octanol–water partition coefficient (Wildman–Crippen LogP) is 2.21. The molecule has 1 saturated heterocycles. The molecule has 4 atom stereocenters. The number of ether oxygens (including phenoxy) is 2. The van der Waals surface area contributed by atoms with E-state index < -0.39 is 0 Å². The number of aliphatic hydroxyl groups is 1. The quantitative estimate of drug-likeness (QED) is 0.358. The van der Waals surface area contributed by atoms with Gasteiger partial charge in [-0.1, -0.05) is 30.3 Å². The number of pyridine rings is 1. The number of aliphatic hydroxyl groups excluding tert-OH is 1. The van der Waals surface area contributed by atoms with Crippen molar-refractivity contribution in [1.82, 2.24) is 45.6 Å². The van der Waals surface area contributed by atoms with Gasteiger partial charge < -0.3 is 19.5 Å². The molecule has 41 heavy (non-hydrogen) atoms. The van der Waals surface area contributed by atoms with Gasteiger partial charge in [-0.05, 0) is 49.2 Å². The van der Waals surface area contributed by atoms with Gasteiger partial charge in [-0.15, -0.1) is 15.7 Å². The monoisotopic (exact) mass is 563 g/mol. The van der Waals surface area contributed by atoms with Crippen LogP contribution in [0.4, 0.5) is 0 Å². The SMILES string of the molecule is CO[C@H]1C[C@@H](N(C)CCC2=CN([C@H](CO)Cc3ccc(-c4ccc(-c5nnn(C)n5)nc4)cc3)NN2C)C[C@@H](C)O1. The number of hydrogen-bond acceptors (Lipinski definition) is 11. The number of aromatic nitrogens is 5. The van der Waals surface area contributed by atoms with E-state index in [2.05, 4.69) is 75.3 Å². The number of methoxy groups -OCH3 is 1. The summed E-state index contributed by atoms with van der Waals surface area (Å²) in [5.74, 6) is 0.504. The van der Waals surface area contributed by atoms with Crippen LogP contribution < -0.4 is 5.53 Å². The maximum Gasteiger partial charge on any atom is 0.223 e. The Morgan fingerprint density at radius 1 is 1.15 bits per heavy atom. The molecule has 1 aromatic carbocycles. The molecule has 4 heterocycles. The van der Waals surface area contributed by atoms with Crippen molar-refractivity contribution in [2.75, 3.05) is 34.4 Å². The van der Waals surface area contributed by atoms with Crippen molar-refractivity contribution in [2.45, 2.75) is 57.1 Å². The standard InChI is InChI=1S/C29H41N9O3/c1-20-14-25(16-28(40-5)41-20)35(2)13-12-24-18-38(34-36(24)3)26(19-39)15-21-6-8-22(9-7-21)23-10-11-27(30-17-23)29-31-33-37(4)32-29/h6-11,17-18,20,25-26,28,34,39H,12-16,19H2,1-5H3/t20-,25+,26+,28-/m1/s1. The Morgan fingerprint density at radius 3 is 2.59 bits per heavy atom. The van der Waals surface area contributed by atoms with Crippen LogP contribution in [0.15, 0.2) is 54.5 Å². The number of nitrogens with one attached hydrogen (secondary N) is 1. The van der Waals surface area contributed by atoms with Gasteiger partial charge in [0.15, 0.2) is 6.29 Å². The molecule has 12 heteroatoms. The van der Waals surface area contributed by atoms with Crippen molar-refractivity contribution >= 4 is 0 Å². The van der Waals surface area contributed by atoms with Crippen molar-refractivity contribution in [3.8, 4) is 22.6 Å². The maximum absolute atomic E-state index is 10.2. The largest absolute Gasteiger partial charge is 0.394 e. The van der Waals surface area contributed by atoms with Crippen LogP contribution in [-0.2, 0) is 22.9 Å². The molecule has 220 valence electrons. The van der Waals surface area contributed by atoms with Gasteiger partial charge in [-0.3, -0.25) is 15.0 Å². The fourth-order valence-corrected chi connectivity index (χ4v) is 5.43. The van der Waals surface area contributed by atoms with Crippen LogP contribution in [0.5, 0.6) is 0 Å². The summed E-state index contributed by atoms with van der Waals surface area (Å²) in [5, 5.41) is 26.4. The minimum Gasteiger partial charge on any atom is -0.394 e. The van der Waals surface area contributed by atoms with Crippen LogP contribution in [-0.4, -0.2) is 104 Å². The third kappa shape index (κ3) is 7.08. The van der Waals surface area contributed by atoms with Gasteiger partial charge >= 0.3 is 0 Å². The van der Waals surface area contributed by atoms with E-state index in [9.17, 15) is 5.11 Å². The maximum atomic E-state index is 10.2. The van der Waals surface area contributed by atoms with Crippen LogP contribution in [0, 0.1) is 0 Å². The van der Waals surface area contributed by atoms with Gasteiger partial charge in [0.05, 0.1) is 25.8 Å². The average molecular weight is 564 g/mol. The Balaban J connectivity index is 1.16. The van der Waals surface area contributed by atoms with Crippen LogP contribution >= 0.6 is 0 Å². The molecule has 0 amide bonds. The first kappa shape index (κ1) is 29.1. The molecule has 5 rings (SSSR count). The van der Waals surface area contributed by atoms with Crippen LogP contribution in [0.25, 0.3) is 22.6 Å². The molecule has 1 fully saturated rings. The van der Waals surface area contributed by atoms with Gasteiger partial charge in [0.2, 0.25) is 5.82 Å². The smallest absolute Gasteiger partial charge is 0.223 e. The first-order valence-corrected chi connectivity index (χ1v) is 14.1. The van der Waals surface area contributed by atoms with Crippen LogP contribution in [0.1, 0.15) is 31.7 Å². The Kier molecular flexibility index (Phi) is 9.25. The van der Waals surface area contributed by atoms with Crippen molar-refractivity contribution in [3.05, 3.63) is 60.1 Å². The highest BCUT2D eigenvalue weighted by molar-refractivity contribution is 5.64. The van der Waals surface area contributed by atoms with Crippen molar-refractivity contribution in [2.24, 2.45) is 7.05 Å². The minimum absolute atomic E-state index is 0.0342. The summed E-state index contributed by atoms with van der Waals surface area (Å²) in [6.45, 7) is 3.07. The topological polar surface area (TPSA) is 117 Å². The lowest BCUT2D eigenvalue weighted by atomic mass is 10.0.